The standard InChI is InChI=1S/C32H39N2O6S.HI/c1-22(35)40-30-31(24-12-14-25(37-4)15-13-24)41-29-10-8-7-9-26(29)33(32(30)36)18-20-34(2,3)19-17-23-11-16-27(38-5)28(21-23)39-6;/h7-16,21,30-31H,17-20H2,1-6H3;1H/q+1;/p-1/t30-,31+;/m0./s1. The maximum Gasteiger partial charge on any atom is 0.303 e. The molecule has 226 valence electrons. The number of likely N-dealkylation sites (N-methyl/N-ethyl adjacent to an activating group) is 1. The highest BCUT2D eigenvalue weighted by atomic mass is 127. The summed E-state index contributed by atoms with van der Waals surface area (Å²) < 4.78 is 22.6. The number of rotatable bonds is 11. The summed E-state index contributed by atoms with van der Waals surface area (Å²) in [6.07, 6.45) is -0.135. The minimum atomic E-state index is -0.972. The Kier molecular flexibility index (Phi) is 12.0. The van der Waals surface area contributed by atoms with Crippen LogP contribution in [0.3, 0.4) is 0 Å². The third kappa shape index (κ3) is 8.11. The van der Waals surface area contributed by atoms with Crippen LogP contribution >= 0.6 is 11.8 Å². The summed E-state index contributed by atoms with van der Waals surface area (Å²) in [7, 11) is 9.20. The molecule has 0 saturated carbocycles. The highest BCUT2D eigenvalue weighted by molar-refractivity contribution is 7.99. The minimum absolute atomic E-state index is 0. The zero-order chi connectivity index (χ0) is 29.6. The van der Waals surface area contributed by atoms with Gasteiger partial charge in [0, 0.05) is 18.2 Å². The highest BCUT2D eigenvalue weighted by Gasteiger charge is 2.41. The molecular formula is C32H39IN2O6S. The zero-order valence-corrected chi connectivity index (χ0v) is 27.9. The first-order valence-corrected chi connectivity index (χ1v) is 14.4. The molecule has 1 heterocycles. The molecule has 0 aromatic heterocycles. The van der Waals surface area contributed by atoms with E-state index >= 15 is 0 Å². The number of para-hydroxylation sites is 1. The second-order valence-electron chi connectivity index (χ2n) is 10.6. The van der Waals surface area contributed by atoms with Crippen LogP contribution < -0.4 is 43.1 Å². The molecule has 0 aliphatic carbocycles. The number of carbonyl (C=O) groups excluding carboxylic acids is 2. The molecule has 0 spiro atoms. The SMILES string of the molecule is COc1ccc([C@H]2Sc3ccccc3N(CC[N+](C)(C)CCc3ccc(OC)c(OC)c3)C(=O)[C@H]2OC(C)=O)cc1.[I-]. The predicted molar refractivity (Wildman–Crippen MR) is 161 cm³/mol. The van der Waals surface area contributed by atoms with Gasteiger partial charge in [-0.2, -0.15) is 0 Å². The Bertz CT molecular complexity index is 1370. The molecule has 4 rings (SSSR count). The van der Waals surface area contributed by atoms with Crippen molar-refractivity contribution >= 4 is 29.3 Å². The number of quaternary nitrogens is 1. The quantitative estimate of drug-likeness (QED) is 0.172. The number of anilines is 1. The fourth-order valence-corrected chi connectivity index (χ4v) is 6.21. The summed E-state index contributed by atoms with van der Waals surface area (Å²) >= 11 is 1.54. The van der Waals surface area contributed by atoms with Crippen molar-refractivity contribution in [2.45, 2.75) is 29.6 Å². The lowest BCUT2D eigenvalue weighted by Crippen LogP contribution is -3.00. The van der Waals surface area contributed by atoms with E-state index in [1.54, 1.807) is 38.0 Å². The molecule has 0 N–H and O–H groups in total. The van der Waals surface area contributed by atoms with Crippen molar-refractivity contribution in [3.63, 3.8) is 0 Å². The van der Waals surface area contributed by atoms with Gasteiger partial charge in [-0.05, 0) is 47.5 Å². The van der Waals surface area contributed by atoms with Gasteiger partial charge < -0.3 is 52.3 Å². The summed E-state index contributed by atoms with van der Waals surface area (Å²) in [6.45, 7) is 3.38. The number of ether oxygens (including phenoxy) is 4. The lowest BCUT2D eigenvalue weighted by Gasteiger charge is -2.34. The molecule has 1 amide bonds. The molecule has 0 unspecified atom stereocenters. The molecule has 3 aromatic rings. The zero-order valence-electron chi connectivity index (χ0n) is 25.0. The molecular weight excluding hydrogens is 667 g/mol. The number of benzene rings is 3. The Morgan fingerprint density at radius 2 is 1.60 bits per heavy atom. The second kappa shape index (κ2) is 15.0. The summed E-state index contributed by atoms with van der Waals surface area (Å²) in [5.74, 6) is 1.43. The average Bonchev–Trinajstić information content (AvgIpc) is 3.08. The third-order valence-electron chi connectivity index (χ3n) is 7.31. The number of halogens is 1. The molecule has 0 radical (unpaired) electrons. The van der Waals surface area contributed by atoms with E-state index in [1.165, 1.54) is 6.92 Å². The van der Waals surface area contributed by atoms with Gasteiger partial charge in [-0.25, -0.2) is 0 Å². The van der Waals surface area contributed by atoms with Crippen LogP contribution in [0.4, 0.5) is 5.69 Å². The van der Waals surface area contributed by atoms with E-state index in [9.17, 15) is 9.59 Å². The Labute approximate surface area is 269 Å². The Hall–Kier alpha value is -2.96. The molecule has 8 nitrogen and oxygen atoms in total. The molecule has 3 aromatic carbocycles. The van der Waals surface area contributed by atoms with Crippen LogP contribution in [-0.2, 0) is 20.7 Å². The predicted octanol–water partition coefficient (Wildman–Crippen LogP) is 2.15. The molecule has 10 heteroatoms. The van der Waals surface area contributed by atoms with E-state index in [2.05, 4.69) is 20.2 Å². The van der Waals surface area contributed by atoms with Crippen LogP contribution in [0.2, 0.25) is 0 Å². The van der Waals surface area contributed by atoms with Gasteiger partial charge in [0.25, 0.3) is 5.91 Å². The number of methoxy groups -OCH3 is 3. The fourth-order valence-electron chi connectivity index (χ4n) is 4.89. The van der Waals surface area contributed by atoms with Crippen molar-refractivity contribution in [2.24, 2.45) is 0 Å². The van der Waals surface area contributed by atoms with Crippen molar-refractivity contribution < 1.29 is 57.0 Å². The summed E-state index contributed by atoms with van der Waals surface area (Å²) in [6, 6.07) is 21.4. The van der Waals surface area contributed by atoms with Crippen LogP contribution in [0.25, 0.3) is 0 Å². The molecule has 42 heavy (non-hydrogen) atoms. The number of nitrogens with zero attached hydrogens (tertiary/aromatic N) is 2. The highest BCUT2D eigenvalue weighted by Crippen LogP contribution is 2.47. The van der Waals surface area contributed by atoms with Gasteiger partial charge in [0.05, 0.1) is 66.0 Å². The summed E-state index contributed by atoms with van der Waals surface area (Å²) in [5, 5.41) is -0.406. The maximum absolute atomic E-state index is 14.2. The van der Waals surface area contributed by atoms with Crippen molar-refractivity contribution in [3.8, 4) is 17.2 Å². The van der Waals surface area contributed by atoms with Crippen LogP contribution in [0.15, 0.2) is 71.6 Å². The molecule has 1 aliphatic rings. The number of hydrogen-bond acceptors (Lipinski definition) is 7. The number of thioether (sulfide) groups is 1. The van der Waals surface area contributed by atoms with Crippen LogP contribution in [0.1, 0.15) is 23.3 Å². The topological polar surface area (TPSA) is 74.3 Å². The first kappa shape index (κ1) is 33.5. The van der Waals surface area contributed by atoms with Crippen molar-refractivity contribution in [2.75, 3.05) is 60.0 Å². The first-order chi connectivity index (χ1) is 19.7. The number of hydrogen-bond donors (Lipinski definition) is 0. The monoisotopic (exact) mass is 706 g/mol. The summed E-state index contributed by atoms with van der Waals surface area (Å²) in [5.41, 5.74) is 2.87. The maximum atomic E-state index is 14.2. The largest absolute Gasteiger partial charge is 1.00 e. The Morgan fingerprint density at radius 1 is 0.905 bits per heavy atom. The molecule has 1 aliphatic heterocycles. The van der Waals surface area contributed by atoms with Gasteiger partial charge in [-0.3, -0.25) is 9.59 Å². The third-order valence-corrected chi connectivity index (χ3v) is 8.69. The lowest BCUT2D eigenvalue weighted by molar-refractivity contribution is -0.888. The normalized spacial score (nSPS) is 16.5. The van der Waals surface area contributed by atoms with Gasteiger partial charge in [0.15, 0.2) is 17.6 Å². The van der Waals surface area contributed by atoms with Gasteiger partial charge in [-0.1, -0.05) is 30.3 Å². The molecule has 0 fully saturated rings. The van der Waals surface area contributed by atoms with E-state index in [4.69, 9.17) is 18.9 Å². The van der Waals surface area contributed by atoms with Crippen molar-refractivity contribution in [1.29, 1.82) is 0 Å². The number of fused-ring (bicyclic) bond motifs is 1. The number of esters is 1. The Balaban J connectivity index is 0.00000484. The van der Waals surface area contributed by atoms with E-state index in [1.807, 2.05) is 60.7 Å². The number of amides is 1. The van der Waals surface area contributed by atoms with Gasteiger partial charge in [-0.15, -0.1) is 11.8 Å². The molecule has 2 atom stereocenters. The van der Waals surface area contributed by atoms with E-state index in [0.717, 1.165) is 40.4 Å². The van der Waals surface area contributed by atoms with Crippen LogP contribution in [0, 0.1) is 0 Å². The summed E-state index contributed by atoms with van der Waals surface area (Å²) in [4.78, 5) is 29.1. The van der Waals surface area contributed by atoms with Gasteiger partial charge >= 0.3 is 5.97 Å². The van der Waals surface area contributed by atoms with E-state index in [0.29, 0.717) is 29.1 Å². The molecule has 0 bridgehead atoms. The fraction of sp³-hybridized carbons (Fsp3) is 0.375. The van der Waals surface area contributed by atoms with Gasteiger partial charge in [0.2, 0.25) is 0 Å². The van der Waals surface area contributed by atoms with Crippen molar-refractivity contribution in [1.82, 2.24) is 0 Å². The van der Waals surface area contributed by atoms with E-state index < -0.39 is 17.3 Å². The van der Waals surface area contributed by atoms with Gasteiger partial charge in [0.1, 0.15) is 5.75 Å². The molecule has 0 saturated heterocycles. The smallest absolute Gasteiger partial charge is 0.303 e. The second-order valence-corrected chi connectivity index (χ2v) is 11.8. The first-order valence-electron chi connectivity index (χ1n) is 13.6. The van der Waals surface area contributed by atoms with Crippen molar-refractivity contribution in [3.05, 3.63) is 77.9 Å². The lowest BCUT2D eigenvalue weighted by atomic mass is 10.1. The average molecular weight is 707 g/mol. The minimum Gasteiger partial charge on any atom is -1.00 e. The van der Waals surface area contributed by atoms with Crippen LogP contribution in [0.5, 0.6) is 17.2 Å². The van der Waals surface area contributed by atoms with Crippen LogP contribution in [-0.4, -0.2) is 77.5 Å². The van der Waals surface area contributed by atoms with E-state index in [-0.39, 0.29) is 29.9 Å². The number of carbonyl (C=O) groups is 2. The Morgan fingerprint density at radius 3 is 2.24 bits per heavy atom.